The SMILES string of the molecule is c1coc(C2CCN(Cc3nnc4n3CCCC4)CC2)n1. The van der Waals surface area contributed by atoms with E-state index in [0.29, 0.717) is 5.92 Å². The van der Waals surface area contributed by atoms with Gasteiger partial charge in [0.15, 0.2) is 5.89 Å². The molecule has 0 aromatic carbocycles. The molecule has 1 saturated heterocycles. The fraction of sp³-hybridized carbons (Fsp3) is 0.667. The van der Waals surface area contributed by atoms with Crippen LogP contribution < -0.4 is 0 Å². The highest BCUT2D eigenvalue weighted by molar-refractivity contribution is 5.00. The zero-order chi connectivity index (χ0) is 14.1. The van der Waals surface area contributed by atoms with Crippen LogP contribution in [0.15, 0.2) is 16.9 Å². The summed E-state index contributed by atoms with van der Waals surface area (Å²) in [5.41, 5.74) is 0. The van der Waals surface area contributed by atoms with Crippen molar-refractivity contribution in [3.8, 4) is 0 Å². The summed E-state index contributed by atoms with van der Waals surface area (Å²) in [5.74, 6) is 3.68. The van der Waals surface area contributed by atoms with Gasteiger partial charge in [0, 0.05) is 18.9 Å². The number of hydrogen-bond donors (Lipinski definition) is 0. The van der Waals surface area contributed by atoms with Gasteiger partial charge in [0.05, 0.1) is 12.7 Å². The quantitative estimate of drug-likeness (QED) is 0.864. The van der Waals surface area contributed by atoms with Crippen molar-refractivity contribution in [1.82, 2.24) is 24.6 Å². The van der Waals surface area contributed by atoms with Gasteiger partial charge in [0.2, 0.25) is 0 Å². The smallest absolute Gasteiger partial charge is 0.197 e. The van der Waals surface area contributed by atoms with Crippen molar-refractivity contribution >= 4 is 0 Å². The Hall–Kier alpha value is -1.69. The Morgan fingerprint density at radius 3 is 2.86 bits per heavy atom. The van der Waals surface area contributed by atoms with Crippen LogP contribution in [0.2, 0.25) is 0 Å². The van der Waals surface area contributed by atoms with Crippen LogP contribution in [-0.2, 0) is 19.5 Å². The Morgan fingerprint density at radius 1 is 1.14 bits per heavy atom. The van der Waals surface area contributed by atoms with Gasteiger partial charge in [-0.25, -0.2) is 4.98 Å². The number of fused-ring (bicyclic) bond motifs is 1. The Morgan fingerprint density at radius 2 is 2.05 bits per heavy atom. The van der Waals surface area contributed by atoms with E-state index in [-0.39, 0.29) is 0 Å². The maximum atomic E-state index is 5.43. The number of piperidine rings is 1. The molecule has 0 radical (unpaired) electrons. The van der Waals surface area contributed by atoms with E-state index in [1.54, 1.807) is 12.5 Å². The molecule has 0 saturated carbocycles. The number of nitrogens with zero attached hydrogens (tertiary/aromatic N) is 5. The van der Waals surface area contributed by atoms with E-state index in [1.807, 2.05) is 0 Å². The first-order chi connectivity index (χ1) is 10.4. The highest BCUT2D eigenvalue weighted by atomic mass is 16.3. The van der Waals surface area contributed by atoms with Gasteiger partial charge in [-0.3, -0.25) is 4.90 Å². The van der Waals surface area contributed by atoms with Crippen LogP contribution in [0.1, 0.15) is 49.1 Å². The molecule has 2 aliphatic rings. The van der Waals surface area contributed by atoms with Crippen molar-refractivity contribution in [3.05, 3.63) is 30.0 Å². The first kappa shape index (κ1) is 13.0. The molecule has 21 heavy (non-hydrogen) atoms. The molecular formula is C15H21N5O. The van der Waals surface area contributed by atoms with Crippen LogP contribution in [-0.4, -0.2) is 37.7 Å². The molecule has 0 atom stereocenters. The highest BCUT2D eigenvalue weighted by Gasteiger charge is 2.25. The lowest BCUT2D eigenvalue weighted by Gasteiger charge is -2.30. The molecule has 1 fully saturated rings. The van der Waals surface area contributed by atoms with Gasteiger partial charge >= 0.3 is 0 Å². The number of hydrogen-bond acceptors (Lipinski definition) is 5. The molecule has 112 valence electrons. The highest BCUT2D eigenvalue weighted by Crippen LogP contribution is 2.27. The third-order valence-corrected chi connectivity index (χ3v) is 4.69. The lowest BCUT2D eigenvalue weighted by atomic mass is 9.97. The first-order valence-corrected chi connectivity index (χ1v) is 7.93. The molecule has 2 aromatic heterocycles. The molecule has 2 aromatic rings. The lowest BCUT2D eigenvalue weighted by Crippen LogP contribution is -2.33. The summed E-state index contributed by atoms with van der Waals surface area (Å²) in [5, 5.41) is 8.74. The molecule has 6 nitrogen and oxygen atoms in total. The van der Waals surface area contributed by atoms with E-state index in [0.717, 1.165) is 57.2 Å². The van der Waals surface area contributed by atoms with Crippen molar-refractivity contribution in [1.29, 1.82) is 0 Å². The van der Waals surface area contributed by atoms with E-state index in [9.17, 15) is 0 Å². The summed E-state index contributed by atoms with van der Waals surface area (Å²) in [4.78, 5) is 6.76. The first-order valence-electron chi connectivity index (χ1n) is 7.93. The minimum atomic E-state index is 0.476. The molecule has 0 N–H and O–H groups in total. The van der Waals surface area contributed by atoms with Gasteiger partial charge in [-0.1, -0.05) is 0 Å². The Kier molecular flexibility index (Phi) is 3.47. The van der Waals surface area contributed by atoms with E-state index in [2.05, 4.69) is 24.6 Å². The van der Waals surface area contributed by atoms with Crippen LogP contribution in [0, 0.1) is 0 Å². The largest absolute Gasteiger partial charge is 0.449 e. The average molecular weight is 287 g/mol. The second-order valence-corrected chi connectivity index (χ2v) is 6.06. The van der Waals surface area contributed by atoms with Gasteiger partial charge in [0.1, 0.15) is 17.9 Å². The van der Waals surface area contributed by atoms with Crippen LogP contribution in [0.4, 0.5) is 0 Å². The maximum Gasteiger partial charge on any atom is 0.197 e. The number of rotatable bonds is 3. The normalized spacial score (nSPS) is 20.6. The zero-order valence-electron chi connectivity index (χ0n) is 12.2. The van der Waals surface area contributed by atoms with Crippen LogP contribution in [0.25, 0.3) is 0 Å². The van der Waals surface area contributed by atoms with Gasteiger partial charge in [-0.15, -0.1) is 10.2 Å². The third-order valence-electron chi connectivity index (χ3n) is 4.69. The van der Waals surface area contributed by atoms with E-state index in [1.165, 1.54) is 18.7 Å². The molecule has 6 heteroatoms. The van der Waals surface area contributed by atoms with E-state index in [4.69, 9.17) is 4.42 Å². The van der Waals surface area contributed by atoms with Gasteiger partial charge in [0.25, 0.3) is 0 Å². The predicted molar refractivity (Wildman–Crippen MR) is 76.7 cm³/mol. The topological polar surface area (TPSA) is 60.0 Å². The summed E-state index contributed by atoms with van der Waals surface area (Å²) in [7, 11) is 0. The Labute approximate surface area is 124 Å². The van der Waals surface area contributed by atoms with Crippen LogP contribution in [0.3, 0.4) is 0 Å². The second-order valence-electron chi connectivity index (χ2n) is 6.06. The molecule has 4 rings (SSSR count). The summed E-state index contributed by atoms with van der Waals surface area (Å²) in [6, 6.07) is 0. The number of likely N-dealkylation sites (tertiary alicyclic amines) is 1. The van der Waals surface area contributed by atoms with Crippen LogP contribution in [0.5, 0.6) is 0 Å². The van der Waals surface area contributed by atoms with Crippen molar-refractivity contribution in [3.63, 3.8) is 0 Å². The summed E-state index contributed by atoms with van der Waals surface area (Å²) in [6.07, 6.45) is 9.22. The number of aromatic nitrogens is 4. The van der Waals surface area contributed by atoms with Crippen LogP contribution >= 0.6 is 0 Å². The van der Waals surface area contributed by atoms with Crippen molar-refractivity contribution in [2.24, 2.45) is 0 Å². The number of aryl methyl sites for hydroxylation is 1. The Balaban J connectivity index is 1.38. The lowest BCUT2D eigenvalue weighted by molar-refractivity contribution is 0.186. The minimum absolute atomic E-state index is 0.476. The van der Waals surface area contributed by atoms with Gasteiger partial charge < -0.3 is 8.98 Å². The predicted octanol–water partition coefficient (Wildman–Crippen LogP) is 1.98. The fourth-order valence-corrected chi connectivity index (χ4v) is 3.46. The summed E-state index contributed by atoms with van der Waals surface area (Å²) < 4.78 is 7.76. The zero-order valence-corrected chi connectivity index (χ0v) is 12.2. The molecule has 0 unspecified atom stereocenters. The molecule has 0 amide bonds. The van der Waals surface area contributed by atoms with Gasteiger partial charge in [-0.05, 0) is 38.8 Å². The second kappa shape index (κ2) is 5.60. The standard InChI is InChI=1S/C15H21N5O/c1-2-7-20-13(3-1)17-18-14(20)11-19-8-4-12(5-9-19)15-16-6-10-21-15/h6,10,12H,1-5,7-9,11H2. The molecule has 2 aliphatic heterocycles. The average Bonchev–Trinajstić information content (AvgIpc) is 3.19. The Bertz CT molecular complexity index is 583. The molecule has 4 heterocycles. The van der Waals surface area contributed by atoms with Gasteiger partial charge in [-0.2, -0.15) is 0 Å². The third kappa shape index (κ3) is 2.60. The number of oxazole rings is 1. The monoisotopic (exact) mass is 287 g/mol. The molecule has 0 aliphatic carbocycles. The van der Waals surface area contributed by atoms with Crippen molar-refractivity contribution < 1.29 is 4.42 Å². The van der Waals surface area contributed by atoms with E-state index < -0.39 is 0 Å². The molecular weight excluding hydrogens is 266 g/mol. The maximum absolute atomic E-state index is 5.43. The fourth-order valence-electron chi connectivity index (χ4n) is 3.46. The molecule has 0 bridgehead atoms. The van der Waals surface area contributed by atoms with E-state index >= 15 is 0 Å². The molecule has 0 spiro atoms. The summed E-state index contributed by atoms with van der Waals surface area (Å²) >= 11 is 0. The summed E-state index contributed by atoms with van der Waals surface area (Å²) in [6.45, 7) is 4.17. The van der Waals surface area contributed by atoms with Crippen molar-refractivity contribution in [2.45, 2.75) is 51.1 Å². The minimum Gasteiger partial charge on any atom is -0.449 e. The van der Waals surface area contributed by atoms with Crippen molar-refractivity contribution in [2.75, 3.05) is 13.1 Å².